The van der Waals surface area contributed by atoms with Gasteiger partial charge in [0, 0.05) is 5.02 Å². The minimum atomic E-state index is -0.343. The number of thiazole rings is 1. The van der Waals surface area contributed by atoms with Gasteiger partial charge in [0.1, 0.15) is 18.1 Å². The van der Waals surface area contributed by atoms with E-state index in [9.17, 15) is 4.79 Å². The molecule has 7 heteroatoms. The van der Waals surface area contributed by atoms with Gasteiger partial charge in [0.05, 0.1) is 10.2 Å². The molecule has 0 unspecified atom stereocenters. The van der Waals surface area contributed by atoms with Gasteiger partial charge >= 0.3 is 0 Å². The van der Waals surface area contributed by atoms with Crippen LogP contribution in [0.2, 0.25) is 5.02 Å². The summed E-state index contributed by atoms with van der Waals surface area (Å²) in [5, 5.41) is 4.01. The number of ether oxygens (including phenoxy) is 1. The fourth-order valence-corrected chi connectivity index (χ4v) is 3.76. The number of nitrogens with one attached hydrogen (secondary N) is 1. The average molecular weight is 413 g/mol. The quantitative estimate of drug-likeness (QED) is 0.437. The summed E-state index contributed by atoms with van der Waals surface area (Å²) in [7, 11) is 0. The smallest absolute Gasteiger partial charge is 0.293 e. The van der Waals surface area contributed by atoms with E-state index < -0.39 is 0 Å². The largest absolute Gasteiger partial charge is 0.486 e. The van der Waals surface area contributed by atoms with Crippen LogP contribution in [0.4, 0.5) is 5.13 Å². The van der Waals surface area contributed by atoms with Gasteiger partial charge < -0.3 is 9.15 Å². The van der Waals surface area contributed by atoms with Gasteiger partial charge in [-0.25, -0.2) is 4.98 Å². The van der Waals surface area contributed by atoms with Crippen LogP contribution in [-0.4, -0.2) is 10.9 Å². The third-order valence-electron chi connectivity index (χ3n) is 4.16. The number of fused-ring (bicyclic) bond motifs is 1. The summed E-state index contributed by atoms with van der Waals surface area (Å²) in [6.45, 7) is 4.15. The van der Waals surface area contributed by atoms with Gasteiger partial charge in [-0.1, -0.05) is 29.0 Å². The molecule has 0 saturated heterocycles. The minimum absolute atomic E-state index is 0.210. The van der Waals surface area contributed by atoms with Crippen LogP contribution < -0.4 is 10.1 Å². The zero-order chi connectivity index (χ0) is 19.7. The molecule has 2 heterocycles. The van der Waals surface area contributed by atoms with Gasteiger partial charge in [0.2, 0.25) is 0 Å². The van der Waals surface area contributed by atoms with Crippen molar-refractivity contribution in [3.05, 3.63) is 76.2 Å². The van der Waals surface area contributed by atoms with Crippen molar-refractivity contribution in [2.75, 3.05) is 5.32 Å². The van der Waals surface area contributed by atoms with Crippen molar-refractivity contribution in [3.8, 4) is 5.75 Å². The monoisotopic (exact) mass is 412 g/mol. The van der Waals surface area contributed by atoms with E-state index in [1.54, 1.807) is 24.3 Å². The number of anilines is 1. The zero-order valence-corrected chi connectivity index (χ0v) is 16.9. The summed E-state index contributed by atoms with van der Waals surface area (Å²) in [6.07, 6.45) is 0. The topological polar surface area (TPSA) is 64.4 Å². The van der Waals surface area contributed by atoms with Gasteiger partial charge in [-0.15, -0.1) is 0 Å². The van der Waals surface area contributed by atoms with Gasteiger partial charge in [0.25, 0.3) is 5.91 Å². The Balaban J connectivity index is 1.41. The maximum Gasteiger partial charge on any atom is 0.293 e. The molecule has 28 heavy (non-hydrogen) atoms. The van der Waals surface area contributed by atoms with E-state index in [0.717, 1.165) is 21.3 Å². The predicted molar refractivity (Wildman–Crippen MR) is 112 cm³/mol. The Morgan fingerprint density at radius 2 is 2.04 bits per heavy atom. The van der Waals surface area contributed by atoms with Crippen molar-refractivity contribution >= 4 is 44.2 Å². The Labute approximate surface area is 170 Å². The van der Waals surface area contributed by atoms with E-state index >= 15 is 0 Å². The van der Waals surface area contributed by atoms with Crippen molar-refractivity contribution in [1.82, 2.24) is 4.98 Å². The first-order valence-corrected chi connectivity index (χ1v) is 9.83. The molecule has 0 spiro atoms. The highest BCUT2D eigenvalue weighted by Gasteiger charge is 2.14. The van der Waals surface area contributed by atoms with Gasteiger partial charge in [0.15, 0.2) is 10.9 Å². The Kier molecular flexibility index (Phi) is 5.07. The van der Waals surface area contributed by atoms with Crippen molar-refractivity contribution < 1.29 is 13.9 Å². The second-order valence-corrected chi connectivity index (χ2v) is 7.85. The van der Waals surface area contributed by atoms with Crippen molar-refractivity contribution in [1.29, 1.82) is 0 Å². The van der Waals surface area contributed by atoms with Crippen molar-refractivity contribution in [2.24, 2.45) is 0 Å². The lowest BCUT2D eigenvalue weighted by atomic mass is 10.2. The van der Waals surface area contributed by atoms with E-state index in [-0.39, 0.29) is 18.3 Å². The number of nitrogens with zero attached hydrogens (tertiary/aromatic N) is 1. The number of benzene rings is 2. The molecule has 1 amide bonds. The van der Waals surface area contributed by atoms with E-state index in [4.69, 9.17) is 20.8 Å². The lowest BCUT2D eigenvalue weighted by Gasteiger charge is -2.06. The first kappa shape index (κ1) is 18.5. The maximum atomic E-state index is 12.4. The van der Waals surface area contributed by atoms with Crippen LogP contribution in [0.15, 0.2) is 52.9 Å². The molecule has 0 aliphatic carbocycles. The molecule has 142 valence electrons. The van der Waals surface area contributed by atoms with Crippen LogP contribution in [0.1, 0.15) is 27.4 Å². The molecule has 0 atom stereocenters. The number of furan rings is 1. The molecule has 4 rings (SSSR count). The Morgan fingerprint density at radius 1 is 1.18 bits per heavy atom. The Hall–Kier alpha value is -2.83. The predicted octanol–water partition coefficient (Wildman–Crippen LogP) is 5.99. The van der Waals surface area contributed by atoms with Crippen molar-refractivity contribution in [3.63, 3.8) is 0 Å². The molecular formula is C21H17ClN2O3S. The van der Waals surface area contributed by atoms with Crippen LogP contribution in [0.25, 0.3) is 10.2 Å². The first-order valence-electron chi connectivity index (χ1n) is 8.64. The van der Waals surface area contributed by atoms with Crippen LogP contribution in [0.5, 0.6) is 5.75 Å². The Morgan fingerprint density at radius 3 is 2.86 bits per heavy atom. The van der Waals surface area contributed by atoms with Gasteiger partial charge in [-0.3, -0.25) is 10.1 Å². The number of carbonyl (C=O) groups is 1. The summed E-state index contributed by atoms with van der Waals surface area (Å²) in [6, 6.07) is 14.8. The highest BCUT2D eigenvalue weighted by Crippen LogP contribution is 2.27. The number of amides is 1. The highest BCUT2D eigenvalue weighted by molar-refractivity contribution is 7.22. The zero-order valence-electron chi connectivity index (χ0n) is 15.3. The van der Waals surface area contributed by atoms with E-state index in [1.165, 1.54) is 11.3 Å². The van der Waals surface area contributed by atoms with E-state index in [1.807, 2.05) is 38.1 Å². The van der Waals surface area contributed by atoms with Crippen LogP contribution in [0, 0.1) is 13.8 Å². The summed E-state index contributed by atoms with van der Waals surface area (Å²) >= 11 is 7.44. The van der Waals surface area contributed by atoms with Gasteiger partial charge in [-0.05, 0) is 67.4 Å². The second-order valence-electron chi connectivity index (χ2n) is 6.41. The summed E-state index contributed by atoms with van der Waals surface area (Å²) < 4.78 is 12.3. The molecule has 5 nitrogen and oxygen atoms in total. The number of carbonyl (C=O) groups excluding carboxylic acids is 1. The SMILES string of the molecule is Cc1ccc2nc(NC(=O)c3ccc(COc4ccc(Cl)c(C)c4)o3)sc2c1. The first-order chi connectivity index (χ1) is 13.5. The molecule has 0 fully saturated rings. The van der Waals surface area contributed by atoms with Crippen LogP contribution >= 0.6 is 22.9 Å². The fraction of sp³-hybridized carbons (Fsp3) is 0.143. The maximum absolute atomic E-state index is 12.4. The molecular weight excluding hydrogens is 396 g/mol. The number of hydrogen-bond acceptors (Lipinski definition) is 5. The standard InChI is InChI=1S/C21H17ClN2O3S/c1-12-3-7-17-19(9-12)28-21(23-17)24-20(25)18-8-5-15(27-18)11-26-14-4-6-16(22)13(2)10-14/h3-10H,11H2,1-2H3,(H,23,24,25). The molecule has 0 bridgehead atoms. The molecule has 2 aromatic heterocycles. The molecule has 4 aromatic rings. The van der Waals surface area contributed by atoms with Crippen LogP contribution in [0.3, 0.4) is 0 Å². The summed E-state index contributed by atoms with van der Waals surface area (Å²) in [4.78, 5) is 16.9. The number of halogens is 1. The minimum Gasteiger partial charge on any atom is -0.486 e. The number of aromatic nitrogens is 1. The lowest BCUT2D eigenvalue weighted by Crippen LogP contribution is -2.10. The molecule has 0 aliphatic heterocycles. The highest BCUT2D eigenvalue weighted by atomic mass is 35.5. The van der Waals surface area contributed by atoms with Crippen LogP contribution in [-0.2, 0) is 6.61 Å². The molecule has 0 saturated carbocycles. The van der Waals surface area contributed by atoms with E-state index in [0.29, 0.717) is 21.7 Å². The molecule has 1 N–H and O–H groups in total. The normalized spacial score (nSPS) is 11.0. The van der Waals surface area contributed by atoms with E-state index in [2.05, 4.69) is 10.3 Å². The van der Waals surface area contributed by atoms with Gasteiger partial charge in [-0.2, -0.15) is 0 Å². The third-order valence-corrected chi connectivity index (χ3v) is 5.52. The fourth-order valence-electron chi connectivity index (χ4n) is 2.68. The average Bonchev–Trinajstić information content (AvgIpc) is 3.29. The van der Waals surface area contributed by atoms with Crippen molar-refractivity contribution in [2.45, 2.75) is 20.5 Å². The summed E-state index contributed by atoms with van der Waals surface area (Å²) in [5.41, 5.74) is 2.95. The number of rotatable bonds is 5. The summed E-state index contributed by atoms with van der Waals surface area (Å²) in [5.74, 6) is 1.11. The number of aryl methyl sites for hydroxylation is 2. The second kappa shape index (κ2) is 7.66. The Bertz CT molecular complexity index is 1170. The molecule has 0 radical (unpaired) electrons. The third kappa shape index (κ3) is 4.03. The molecule has 0 aliphatic rings. The molecule has 2 aromatic carbocycles. The number of hydrogen-bond donors (Lipinski definition) is 1. The lowest BCUT2D eigenvalue weighted by molar-refractivity contribution is 0.0992.